The van der Waals surface area contributed by atoms with Crippen molar-refractivity contribution in [2.45, 2.75) is 5.88 Å². The Hall–Kier alpha value is -0.400. The predicted octanol–water partition coefficient (Wildman–Crippen LogP) is 2.66. The summed E-state index contributed by atoms with van der Waals surface area (Å²) in [5.41, 5.74) is 6.97. The first-order valence-electron chi connectivity index (χ1n) is 2.84. The second kappa shape index (κ2) is 3.13. The topological polar surface area (TPSA) is 26.0 Å². The molecule has 0 spiro atoms. The number of anilines is 1. The summed E-state index contributed by atoms with van der Waals surface area (Å²) in [5, 5.41) is 0.567. The van der Waals surface area contributed by atoms with E-state index in [2.05, 4.69) is 0 Å². The van der Waals surface area contributed by atoms with Crippen LogP contribution in [-0.2, 0) is 5.88 Å². The van der Waals surface area contributed by atoms with Crippen LogP contribution in [0, 0.1) is 0 Å². The number of nitrogens with two attached hydrogens (primary N) is 1. The lowest BCUT2D eigenvalue weighted by Crippen LogP contribution is -1.88. The number of benzene rings is 1. The van der Waals surface area contributed by atoms with Crippen LogP contribution in [0.2, 0.25) is 5.02 Å². The van der Waals surface area contributed by atoms with Crippen molar-refractivity contribution in [2.24, 2.45) is 0 Å². The largest absolute Gasteiger partial charge is 0.398 e. The van der Waals surface area contributed by atoms with Crippen LogP contribution in [0.15, 0.2) is 18.2 Å². The van der Waals surface area contributed by atoms with Crippen LogP contribution in [-0.4, -0.2) is 0 Å². The molecule has 2 N–H and O–H groups in total. The number of hydrogen-bond donors (Lipinski definition) is 1. The van der Waals surface area contributed by atoms with Gasteiger partial charge in [-0.15, -0.1) is 11.6 Å². The lowest BCUT2D eigenvalue weighted by molar-refractivity contribution is 1.40. The smallest absolute Gasteiger partial charge is 0.0679 e. The molecule has 3 heteroatoms. The van der Waals surface area contributed by atoms with Crippen molar-refractivity contribution in [2.75, 3.05) is 5.73 Å². The molecule has 10 heavy (non-hydrogen) atoms. The second-order valence-electron chi connectivity index (χ2n) is 1.95. The van der Waals surface area contributed by atoms with Crippen LogP contribution in [0.1, 0.15) is 5.56 Å². The molecule has 0 aliphatic carbocycles. The molecule has 0 aliphatic rings. The summed E-state index contributed by atoms with van der Waals surface area (Å²) in [6.07, 6.45) is 0. The molecule has 1 aromatic carbocycles. The maximum absolute atomic E-state index is 5.78. The maximum Gasteiger partial charge on any atom is 0.0679 e. The van der Waals surface area contributed by atoms with Crippen molar-refractivity contribution >= 4 is 28.9 Å². The fourth-order valence-electron chi connectivity index (χ4n) is 0.703. The molecule has 0 heterocycles. The minimum absolute atomic E-state index is 0.407. The Morgan fingerprint density at radius 1 is 1.40 bits per heavy atom. The summed E-state index contributed by atoms with van der Waals surface area (Å²) < 4.78 is 0. The van der Waals surface area contributed by atoms with Crippen LogP contribution < -0.4 is 5.73 Å². The average molecular weight is 176 g/mol. The lowest BCUT2D eigenvalue weighted by atomic mass is 10.2. The summed E-state index contributed by atoms with van der Waals surface area (Å²) in [6, 6.07) is 5.43. The van der Waals surface area contributed by atoms with Crippen molar-refractivity contribution in [1.82, 2.24) is 0 Å². The first kappa shape index (κ1) is 7.70. The normalized spacial score (nSPS) is 9.80. The van der Waals surface area contributed by atoms with Gasteiger partial charge in [-0.2, -0.15) is 0 Å². The Balaban J connectivity index is 3.14. The van der Waals surface area contributed by atoms with Crippen molar-refractivity contribution in [3.63, 3.8) is 0 Å². The molecule has 0 saturated carbocycles. The minimum atomic E-state index is 0.407. The van der Waals surface area contributed by atoms with Gasteiger partial charge in [0.2, 0.25) is 0 Å². The zero-order valence-corrected chi connectivity index (χ0v) is 6.78. The highest BCUT2D eigenvalue weighted by molar-refractivity contribution is 6.34. The van der Waals surface area contributed by atoms with Crippen molar-refractivity contribution < 1.29 is 0 Å². The van der Waals surface area contributed by atoms with E-state index in [-0.39, 0.29) is 0 Å². The molecule has 54 valence electrons. The van der Waals surface area contributed by atoms with Gasteiger partial charge in [0.25, 0.3) is 0 Å². The summed E-state index contributed by atoms with van der Waals surface area (Å²) in [7, 11) is 0. The molecule has 0 saturated heterocycles. The highest BCUT2D eigenvalue weighted by Gasteiger charge is 1.99. The number of nitrogen functional groups attached to an aromatic ring is 1. The zero-order valence-electron chi connectivity index (χ0n) is 5.27. The highest BCUT2D eigenvalue weighted by Crippen LogP contribution is 2.23. The van der Waals surface area contributed by atoms with Gasteiger partial charge in [0.15, 0.2) is 0 Å². The van der Waals surface area contributed by atoms with Gasteiger partial charge in [-0.1, -0.05) is 23.7 Å². The maximum atomic E-state index is 5.78. The fourth-order valence-corrected chi connectivity index (χ4v) is 1.19. The Bertz CT molecular complexity index is 235. The van der Waals surface area contributed by atoms with Crippen LogP contribution >= 0.6 is 23.2 Å². The molecular formula is C7H7Cl2N. The van der Waals surface area contributed by atoms with E-state index < -0.39 is 0 Å². The first-order chi connectivity index (χ1) is 4.75. The highest BCUT2D eigenvalue weighted by atomic mass is 35.5. The third-order valence-electron chi connectivity index (χ3n) is 1.25. The van der Waals surface area contributed by atoms with Gasteiger partial charge in [0, 0.05) is 5.88 Å². The van der Waals surface area contributed by atoms with Gasteiger partial charge >= 0.3 is 0 Å². The summed E-state index contributed by atoms with van der Waals surface area (Å²) in [5.74, 6) is 0.407. The minimum Gasteiger partial charge on any atom is -0.398 e. The summed E-state index contributed by atoms with van der Waals surface area (Å²) >= 11 is 11.3. The quantitative estimate of drug-likeness (QED) is 0.516. The van der Waals surface area contributed by atoms with E-state index in [4.69, 9.17) is 28.9 Å². The molecule has 0 aliphatic heterocycles. The Kier molecular flexibility index (Phi) is 2.41. The Morgan fingerprint density at radius 2 is 2.10 bits per heavy atom. The van der Waals surface area contributed by atoms with E-state index in [0.29, 0.717) is 16.6 Å². The summed E-state index contributed by atoms with van der Waals surface area (Å²) in [4.78, 5) is 0. The number of halogens is 2. The standard InChI is InChI=1S/C7H7Cl2N/c8-4-5-2-1-3-6(10)7(5)9/h1-3H,4,10H2. The van der Waals surface area contributed by atoms with Crippen molar-refractivity contribution in [1.29, 1.82) is 0 Å². The van der Waals surface area contributed by atoms with Crippen LogP contribution in [0.5, 0.6) is 0 Å². The number of rotatable bonds is 1. The van der Waals surface area contributed by atoms with Gasteiger partial charge in [0.1, 0.15) is 0 Å². The Labute approximate surface area is 69.7 Å². The SMILES string of the molecule is Nc1cccc(CCl)c1Cl. The van der Waals surface area contributed by atoms with Gasteiger partial charge < -0.3 is 5.73 Å². The van der Waals surface area contributed by atoms with E-state index >= 15 is 0 Å². The third-order valence-corrected chi connectivity index (χ3v) is 2.00. The first-order valence-corrected chi connectivity index (χ1v) is 3.75. The predicted molar refractivity (Wildman–Crippen MR) is 45.4 cm³/mol. The van der Waals surface area contributed by atoms with E-state index in [1.165, 1.54) is 0 Å². The molecule has 1 aromatic rings. The van der Waals surface area contributed by atoms with Crippen molar-refractivity contribution in [3.05, 3.63) is 28.8 Å². The molecule has 0 fully saturated rings. The van der Waals surface area contributed by atoms with Crippen molar-refractivity contribution in [3.8, 4) is 0 Å². The molecule has 0 radical (unpaired) electrons. The summed E-state index contributed by atoms with van der Waals surface area (Å²) in [6.45, 7) is 0. The van der Waals surface area contributed by atoms with E-state index in [1.807, 2.05) is 12.1 Å². The van der Waals surface area contributed by atoms with Crippen LogP contribution in [0.3, 0.4) is 0 Å². The van der Waals surface area contributed by atoms with Crippen LogP contribution in [0.25, 0.3) is 0 Å². The molecule has 0 unspecified atom stereocenters. The molecule has 0 aromatic heterocycles. The molecule has 1 nitrogen and oxygen atoms in total. The monoisotopic (exact) mass is 175 g/mol. The molecular weight excluding hydrogens is 169 g/mol. The van der Waals surface area contributed by atoms with Gasteiger partial charge in [-0.05, 0) is 11.6 Å². The van der Waals surface area contributed by atoms with Gasteiger partial charge in [-0.3, -0.25) is 0 Å². The molecule has 1 rings (SSSR count). The molecule has 0 bridgehead atoms. The average Bonchev–Trinajstić information content (AvgIpc) is 1.95. The Morgan fingerprint density at radius 3 is 2.60 bits per heavy atom. The second-order valence-corrected chi connectivity index (χ2v) is 2.60. The van der Waals surface area contributed by atoms with Gasteiger partial charge in [0.05, 0.1) is 10.7 Å². The van der Waals surface area contributed by atoms with Gasteiger partial charge in [-0.25, -0.2) is 0 Å². The lowest BCUT2D eigenvalue weighted by Gasteiger charge is -2.00. The number of alkyl halides is 1. The van der Waals surface area contributed by atoms with E-state index in [9.17, 15) is 0 Å². The van der Waals surface area contributed by atoms with E-state index in [1.54, 1.807) is 6.07 Å². The fraction of sp³-hybridized carbons (Fsp3) is 0.143. The number of hydrogen-bond acceptors (Lipinski definition) is 1. The van der Waals surface area contributed by atoms with E-state index in [0.717, 1.165) is 5.56 Å². The molecule has 0 amide bonds. The zero-order chi connectivity index (χ0) is 7.56. The third kappa shape index (κ3) is 1.36. The molecule has 0 atom stereocenters. The van der Waals surface area contributed by atoms with Crippen LogP contribution in [0.4, 0.5) is 5.69 Å².